The van der Waals surface area contributed by atoms with E-state index in [0.29, 0.717) is 0 Å². The third-order valence-electron chi connectivity index (χ3n) is 2.40. The smallest absolute Gasteiger partial charge is 0.0992 e. The Labute approximate surface area is 90.0 Å². The Morgan fingerprint density at radius 1 is 1.27 bits per heavy atom. The summed E-state index contributed by atoms with van der Waals surface area (Å²) in [5.41, 5.74) is 3.61. The van der Waals surface area contributed by atoms with E-state index >= 15 is 0 Å². The Kier molecular flexibility index (Phi) is 2.46. The molecule has 0 aliphatic carbocycles. The van der Waals surface area contributed by atoms with Gasteiger partial charge in [-0.3, -0.25) is 0 Å². The second kappa shape index (κ2) is 3.77. The van der Waals surface area contributed by atoms with Crippen LogP contribution >= 0.6 is 0 Å². The van der Waals surface area contributed by atoms with Crippen molar-refractivity contribution >= 4 is 5.69 Å². The van der Waals surface area contributed by atoms with Crippen molar-refractivity contribution in [3.63, 3.8) is 0 Å². The second-order valence-electron chi connectivity index (χ2n) is 3.86. The number of hydrogen-bond acceptors (Lipinski definition) is 2. The molecule has 0 N–H and O–H groups in total. The van der Waals surface area contributed by atoms with Crippen LogP contribution in [0.2, 0.25) is 0 Å². The van der Waals surface area contributed by atoms with Gasteiger partial charge in [0.1, 0.15) is 0 Å². The maximum absolute atomic E-state index is 4.07. The second-order valence-corrected chi connectivity index (χ2v) is 3.86. The molecule has 0 saturated heterocycles. The largest absolute Gasteiger partial charge is 0.376 e. The molecule has 0 bridgehead atoms. The van der Waals surface area contributed by atoms with Crippen LogP contribution < -0.4 is 4.90 Å². The average Bonchev–Trinajstić information content (AvgIpc) is 2.69. The summed E-state index contributed by atoms with van der Waals surface area (Å²) in [4.78, 5) is 6.18. The first-order valence-corrected chi connectivity index (χ1v) is 4.95. The highest BCUT2D eigenvalue weighted by atomic mass is 15.1. The van der Waals surface area contributed by atoms with E-state index < -0.39 is 0 Å². The Balaban J connectivity index is 2.58. The van der Waals surface area contributed by atoms with Crippen LogP contribution in [0.1, 0.15) is 5.56 Å². The summed E-state index contributed by atoms with van der Waals surface area (Å²) < 4.78 is 2.03. The minimum Gasteiger partial charge on any atom is -0.376 e. The lowest BCUT2D eigenvalue weighted by atomic mass is 10.2. The monoisotopic (exact) mass is 201 g/mol. The first-order chi connectivity index (χ1) is 7.18. The van der Waals surface area contributed by atoms with Crippen molar-refractivity contribution < 1.29 is 0 Å². The molecule has 0 atom stereocenters. The summed E-state index contributed by atoms with van der Waals surface area (Å²) in [5, 5.41) is 0. The van der Waals surface area contributed by atoms with Gasteiger partial charge in [-0.2, -0.15) is 0 Å². The van der Waals surface area contributed by atoms with Crippen LogP contribution in [0.4, 0.5) is 5.69 Å². The number of imidazole rings is 1. The number of nitrogens with zero attached hydrogens (tertiary/aromatic N) is 3. The lowest BCUT2D eigenvalue weighted by Crippen LogP contribution is -2.11. The molecule has 1 aromatic heterocycles. The van der Waals surface area contributed by atoms with Crippen molar-refractivity contribution in [2.45, 2.75) is 6.92 Å². The van der Waals surface area contributed by atoms with Crippen LogP contribution in [0.25, 0.3) is 5.69 Å². The van der Waals surface area contributed by atoms with Gasteiger partial charge in [-0.05, 0) is 24.6 Å². The van der Waals surface area contributed by atoms with Crippen LogP contribution in [0, 0.1) is 6.92 Å². The molecule has 78 valence electrons. The molecule has 0 amide bonds. The fourth-order valence-corrected chi connectivity index (χ4v) is 1.62. The van der Waals surface area contributed by atoms with Gasteiger partial charge in [0, 0.05) is 26.5 Å². The van der Waals surface area contributed by atoms with Crippen molar-refractivity contribution in [3.8, 4) is 5.69 Å². The minimum atomic E-state index is 1.16. The van der Waals surface area contributed by atoms with Gasteiger partial charge in [-0.15, -0.1) is 0 Å². The van der Waals surface area contributed by atoms with Crippen molar-refractivity contribution in [1.82, 2.24) is 9.55 Å². The molecule has 3 nitrogen and oxygen atoms in total. The average molecular weight is 201 g/mol. The molecular formula is C12H15N3. The first-order valence-electron chi connectivity index (χ1n) is 4.95. The van der Waals surface area contributed by atoms with Crippen LogP contribution in [0.3, 0.4) is 0 Å². The SMILES string of the molecule is Cc1ccc(N(C)C)c(-n2ccnc2)c1. The van der Waals surface area contributed by atoms with Crippen molar-refractivity contribution in [2.24, 2.45) is 0 Å². The van der Waals surface area contributed by atoms with Crippen molar-refractivity contribution in [2.75, 3.05) is 19.0 Å². The molecule has 0 aliphatic rings. The predicted molar refractivity (Wildman–Crippen MR) is 62.6 cm³/mol. The number of aromatic nitrogens is 2. The van der Waals surface area contributed by atoms with Crippen molar-refractivity contribution in [3.05, 3.63) is 42.5 Å². The molecule has 0 saturated carbocycles. The first kappa shape index (κ1) is 9.77. The quantitative estimate of drug-likeness (QED) is 0.743. The summed E-state index contributed by atoms with van der Waals surface area (Å²) in [6, 6.07) is 6.41. The zero-order valence-electron chi connectivity index (χ0n) is 9.31. The van der Waals surface area contributed by atoms with Gasteiger partial charge >= 0.3 is 0 Å². The minimum absolute atomic E-state index is 1.16. The Morgan fingerprint density at radius 2 is 2.07 bits per heavy atom. The molecule has 0 fully saturated rings. The molecule has 1 aromatic carbocycles. The van der Waals surface area contributed by atoms with E-state index in [-0.39, 0.29) is 0 Å². The molecule has 3 heteroatoms. The maximum Gasteiger partial charge on any atom is 0.0992 e. The third kappa shape index (κ3) is 1.86. The number of rotatable bonds is 2. The maximum atomic E-state index is 4.07. The Hall–Kier alpha value is -1.77. The van der Waals surface area contributed by atoms with Gasteiger partial charge in [0.05, 0.1) is 17.7 Å². The van der Waals surface area contributed by atoms with E-state index in [4.69, 9.17) is 0 Å². The summed E-state index contributed by atoms with van der Waals surface area (Å²) >= 11 is 0. The highest BCUT2D eigenvalue weighted by molar-refractivity contribution is 5.63. The van der Waals surface area contributed by atoms with Gasteiger partial charge in [0.25, 0.3) is 0 Å². The van der Waals surface area contributed by atoms with E-state index in [1.165, 1.54) is 11.3 Å². The van der Waals surface area contributed by atoms with Gasteiger partial charge in [0.15, 0.2) is 0 Å². The van der Waals surface area contributed by atoms with Crippen LogP contribution in [-0.4, -0.2) is 23.6 Å². The number of anilines is 1. The molecule has 2 rings (SSSR count). The fourth-order valence-electron chi connectivity index (χ4n) is 1.62. The molecule has 0 unspecified atom stereocenters. The molecule has 1 heterocycles. The Bertz CT molecular complexity index is 444. The predicted octanol–water partition coefficient (Wildman–Crippen LogP) is 2.25. The van der Waals surface area contributed by atoms with E-state index in [1.807, 2.05) is 31.2 Å². The van der Waals surface area contributed by atoms with Gasteiger partial charge in [0.2, 0.25) is 0 Å². The van der Waals surface area contributed by atoms with Gasteiger partial charge in [-0.25, -0.2) is 4.98 Å². The molecular weight excluding hydrogens is 186 g/mol. The molecule has 15 heavy (non-hydrogen) atoms. The van der Waals surface area contributed by atoms with Crippen LogP contribution in [0.15, 0.2) is 36.9 Å². The normalized spacial score (nSPS) is 10.3. The Morgan fingerprint density at radius 3 is 2.67 bits per heavy atom. The summed E-state index contributed by atoms with van der Waals surface area (Å²) in [6.45, 7) is 2.10. The lowest BCUT2D eigenvalue weighted by Gasteiger charge is -2.18. The fraction of sp³-hybridized carbons (Fsp3) is 0.250. The summed E-state index contributed by atoms with van der Waals surface area (Å²) in [7, 11) is 4.09. The third-order valence-corrected chi connectivity index (χ3v) is 2.40. The number of hydrogen-bond donors (Lipinski definition) is 0. The molecule has 2 aromatic rings. The van der Waals surface area contributed by atoms with Crippen LogP contribution in [0.5, 0.6) is 0 Å². The summed E-state index contributed by atoms with van der Waals surface area (Å²) in [5.74, 6) is 0. The number of aryl methyl sites for hydroxylation is 1. The highest BCUT2D eigenvalue weighted by Crippen LogP contribution is 2.23. The molecule has 0 aliphatic heterocycles. The van der Waals surface area contributed by atoms with E-state index in [1.54, 1.807) is 6.20 Å². The van der Waals surface area contributed by atoms with Crippen molar-refractivity contribution in [1.29, 1.82) is 0 Å². The zero-order valence-corrected chi connectivity index (χ0v) is 9.31. The van der Waals surface area contributed by atoms with Gasteiger partial charge < -0.3 is 9.47 Å². The van der Waals surface area contributed by atoms with E-state index in [9.17, 15) is 0 Å². The highest BCUT2D eigenvalue weighted by Gasteiger charge is 2.05. The van der Waals surface area contributed by atoms with E-state index in [2.05, 4.69) is 35.0 Å². The summed E-state index contributed by atoms with van der Waals surface area (Å²) in [6.07, 6.45) is 5.57. The standard InChI is InChI=1S/C12H15N3/c1-10-4-5-11(14(2)3)12(8-10)15-7-6-13-9-15/h4-9H,1-3H3. The zero-order chi connectivity index (χ0) is 10.8. The molecule has 0 spiro atoms. The van der Waals surface area contributed by atoms with Gasteiger partial charge in [-0.1, -0.05) is 6.07 Å². The topological polar surface area (TPSA) is 21.1 Å². The lowest BCUT2D eigenvalue weighted by molar-refractivity contribution is 1.02. The molecule has 0 radical (unpaired) electrons. The van der Waals surface area contributed by atoms with Crippen LogP contribution in [-0.2, 0) is 0 Å². The van der Waals surface area contributed by atoms with E-state index in [0.717, 1.165) is 5.69 Å². The number of benzene rings is 1.